The lowest BCUT2D eigenvalue weighted by molar-refractivity contribution is 0.159. The molecule has 3 heterocycles. The van der Waals surface area contributed by atoms with Crippen molar-refractivity contribution < 1.29 is 9.32 Å². The number of amides is 2. The zero-order valence-corrected chi connectivity index (χ0v) is 10.3. The van der Waals surface area contributed by atoms with Crippen LogP contribution in [0.25, 0.3) is 0 Å². The molecule has 9 heteroatoms. The van der Waals surface area contributed by atoms with E-state index in [-0.39, 0.29) is 11.9 Å². The van der Waals surface area contributed by atoms with Gasteiger partial charge < -0.3 is 9.42 Å². The van der Waals surface area contributed by atoms with Crippen LogP contribution in [0.1, 0.15) is 17.6 Å². The van der Waals surface area contributed by atoms with E-state index in [1.807, 2.05) is 0 Å². The molecule has 1 fully saturated rings. The van der Waals surface area contributed by atoms with Crippen LogP contribution in [0.15, 0.2) is 10.7 Å². The maximum atomic E-state index is 11.8. The fourth-order valence-electron chi connectivity index (χ4n) is 1.70. The Morgan fingerprint density at radius 1 is 1.61 bits per heavy atom. The third-order valence-corrected chi connectivity index (χ3v) is 3.15. The summed E-state index contributed by atoms with van der Waals surface area (Å²) in [4.78, 5) is 17.6. The van der Waals surface area contributed by atoms with Gasteiger partial charge in [-0.1, -0.05) is 5.16 Å². The number of nitrogens with zero attached hydrogens (tertiary/aromatic N) is 5. The zero-order valence-electron chi connectivity index (χ0n) is 9.53. The van der Waals surface area contributed by atoms with Crippen molar-refractivity contribution in [2.75, 3.05) is 18.4 Å². The Labute approximate surface area is 106 Å². The van der Waals surface area contributed by atoms with Crippen LogP contribution in [-0.2, 0) is 0 Å². The monoisotopic (exact) mass is 266 g/mol. The van der Waals surface area contributed by atoms with Gasteiger partial charge in [0.2, 0.25) is 5.89 Å². The summed E-state index contributed by atoms with van der Waals surface area (Å²) < 4.78 is 12.6. The summed E-state index contributed by atoms with van der Waals surface area (Å²) >= 11 is 1.05. The number of rotatable bonds is 2. The molecule has 8 nitrogen and oxygen atoms in total. The summed E-state index contributed by atoms with van der Waals surface area (Å²) in [5.74, 6) is 1.83. The highest BCUT2D eigenvalue weighted by Crippen LogP contribution is 2.25. The minimum Gasteiger partial charge on any atom is -0.340 e. The molecule has 0 spiro atoms. The highest BCUT2D eigenvalue weighted by atomic mass is 32.1. The number of hydrogen-bond acceptors (Lipinski definition) is 7. The van der Waals surface area contributed by atoms with E-state index in [0.717, 1.165) is 11.7 Å². The molecule has 0 bridgehead atoms. The topological polar surface area (TPSA) is 97.0 Å². The molecule has 3 rings (SSSR count). The van der Waals surface area contributed by atoms with Gasteiger partial charge in [-0.2, -0.15) is 13.7 Å². The number of likely N-dealkylation sites (tertiary alicyclic amines) is 1. The van der Waals surface area contributed by atoms with Crippen molar-refractivity contribution in [3.63, 3.8) is 0 Å². The predicted octanol–water partition coefficient (Wildman–Crippen LogP) is 0.861. The van der Waals surface area contributed by atoms with Crippen LogP contribution in [0.2, 0.25) is 0 Å². The van der Waals surface area contributed by atoms with Crippen molar-refractivity contribution in [1.29, 1.82) is 0 Å². The average molecular weight is 266 g/mol. The second-order valence-corrected chi connectivity index (χ2v) is 4.55. The second-order valence-electron chi connectivity index (χ2n) is 4.00. The van der Waals surface area contributed by atoms with Crippen molar-refractivity contribution in [1.82, 2.24) is 23.8 Å². The van der Waals surface area contributed by atoms with E-state index in [9.17, 15) is 4.79 Å². The molecule has 2 aromatic heterocycles. The quantitative estimate of drug-likeness (QED) is 0.865. The maximum Gasteiger partial charge on any atom is 0.323 e. The van der Waals surface area contributed by atoms with Gasteiger partial charge in [-0.25, -0.2) is 4.79 Å². The average Bonchev–Trinajstić information content (AvgIpc) is 2.88. The number of aryl methyl sites for hydroxylation is 1. The number of anilines is 1. The van der Waals surface area contributed by atoms with Crippen molar-refractivity contribution >= 4 is 23.6 Å². The molecule has 0 aromatic carbocycles. The van der Waals surface area contributed by atoms with Crippen LogP contribution in [0, 0.1) is 6.92 Å². The lowest BCUT2D eigenvalue weighted by Gasteiger charge is -2.36. The van der Waals surface area contributed by atoms with Gasteiger partial charge in [-0.3, -0.25) is 5.32 Å². The highest BCUT2D eigenvalue weighted by molar-refractivity contribution is 6.99. The summed E-state index contributed by atoms with van der Waals surface area (Å²) in [5, 5.41) is 6.50. The lowest BCUT2D eigenvalue weighted by Crippen LogP contribution is -2.50. The van der Waals surface area contributed by atoms with E-state index in [2.05, 4.69) is 24.2 Å². The normalized spacial score (nSPS) is 15.5. The van der Waals surface area contributed by atoms with E-state index in [1.165, 1.54) is 6.20 Å². The van der Waals surface area contributed by atoms with Crippen molar-refractivity contribution in [3.05, 3.63) is 17.9 Å². The van der Waals surface area contributed by atoms with Crippen LogP contribution in [0.5, 0.6) is 0 Å². The molecule has 0 saturated carbocycles. The Bertz CT molecular complexity index is 547. The third-order valence-electron chi connectivity index (χ3n) is 2.67. The number of carbonyl (C=O) groups excluding carboxylic acids is 1. The molecule has 0 atom stereocenters. The van der Waals surface area contributed by atoms with Crippen molar-refractivity contribution in [2.45, 2.75) is 12.8 Å². The standard InChI is InChI=1S/C9H10N6O2S/c1-5-11-8(13-17-5)6-3-15(4-6)9(16)12-7-2-10-18-14-7/h2,6H,3-4H2,1H3,(H,12,14,16). The minimum absolute atomic E-state index is 0.154. The largest absolute Gasteiger partial charge is 0.340 e. The highest BCUT2D eigenvalue weighted by Gasteiger charge is 2.34. The van der Waals surface area contributed by atoms with Gasteiger partial charge in [0.05, 0.1) is 23.8 Å². The summed E-state index contributed by atoms with van der Waals surface area (Å²) in [6.07, 6.45) is 1.52. The number of nitrogens with one attached hydrogen (secondary N) is 1. The SMILES string of the molecule is Cc1nc(C2CN(C(=O)Nc3cnsn3)C2)no1. The van der Waals surface area contributed by atoms with E-state index < -0.39 is 0 Å². The molecular formula is C9H10N6O2S. The molecule has 94 valence electrons. The van der Waals surface area contributed by atoms with E-state index >= 15 is 0 Å². The third kappa shape index (κ3) is 2.04. The Morgan fingerprint density at radius 3 is 3.06 bits per heavy atom. The first-order valence-corrected chi connectivity index (χ1v) is 6.09. The second kappa shape index (κ2) is 4.33. The molecule has 1 N–H and O–H groups in total. The molecular weight excluding hydrogens is 256 g/mol. The molecule has 1 aliphatic rings. The van der Waals surface area contributed by atoms with E-state index in [4.69, 9.17) is 4.52 Å². The van der Waals surface area contributed by atoms with E-state index in [1.54, 1.807) is 11.8 Å². The van der Waals surface area contributed by atoms with Gasteiger partial charge in [-0.15, -0.1) is 0 Å². The Hall–Kier alpha value is -2.03. The summed E-state index contributed by atoms with van der Waals surface area (Å²) in [5.41, 5.74) is 0. The fraction of sp³-hybridized carbons (Fsp3) is 0.444. The van der Waals surface area contributed by atoms with Gasteiger partial charge >= 0.3 is 6.03 Å². The first-order chi connectivity index (χ1) is 8.72. The molecule has 18 heavy (non-hydrogen) atoms. The summed E-state index contributed by atoms with van der Waals surface area (Å²) in [7, 11) is 0. The minimum atomic E-state index is -0.181. The lowest BCUT2D eigenvalue weighted by atomic mass is 10.0. The van der Waals surface area contributed by atoms with Crippen LogP contribution in [0.3, 0.4) is 0 Å². The van der Waals surface area contributed by atoms with Crippen LogP contribution in [0.4, 0.5) is 10.6 Å². The molecule has 1 saturated heterocycles. The van der Waals surface area contributed by atoms with Gasteiger partial charge in [0.1, 0.15) is 0 Å². The molecule has 2 amide bonds. The van der Waals surface area contributed by atoms with Crippen molar-refractivity contribution in [2.24, 2.45) is 0 Å². The van der Waals surface area contributed by atoms with Gasteiger partial charge in [-0.05, 0) is 0 Å². The van der Waals surface area contributed by atoms with Crippen LogP contribution in [-0.4, -0.2) is 42.9 Å². The smallest absolute Gasteiger partial charge is 0.323 e. The number of hydrogen-bond donors (Lipinski definition) is 1. The fourth-order valence-corrected chi connectivity index (χ4v) is 2.07. The number of aromatic nitrogens is 4. The van der Waals surface area contributed by atoms with Crippen LogP contribution >= 0.6 is 11.7 Å². The number of urea groups is 1. The van der Waals surface area contributed by atoms with E-state index in [0.29, 0.717) is 30.6 Å². The van der Waals surface area contributed by atoms with Crippen LogP contribution < -0.4 is 5.32 Å². The molecule has 0 aliphatic carbocycles. The molecule has 2 aromatic rings. The summed E-state index contributed by atoms with van der Waals surface area (Å²) in [6, 6.07) is -0.181. The van der Waals surface area contributed by atoms with Crippen molar-refractivity contribution in [3.8, 4) is 0 Å². The first-order valence-electron chi connectivity index (χ1n) is 5.36. The number of carbonyl (C=O) groups is 1. The zero-order chi connectivity index (χ0) is 12.5. The summed E-state index contributed by atoms with van der Waals surface area (Å²) in [6.45, 7) is 2.92. The van der Waals surface area contributed by atoms with Gasteiger partial charge in [0, 0.05) is 20.0 Å². The molecule has 1 aliphatic heterocycles. The predicted molar refractivity (Wildman–Crippen MR) is 62.3 cm³/mol. The Balaban J connectivity index is 1.54. The Kier molecular flexibility index (Phi) is 2.67. The maximum absolute atomic E-state index is 11.8. The first kappa shape index (κ1) is 11.1. The molecule has 0 unspecified atom stereocenters. The Morgan fingerprint density at radius 2 is 2.44 bits per heavy atom. The van der Waals surface area contributed by atoms with Gasteiger partial charge in [0.15, 0.2) is 11.6 Å². The molecule has 0 radical (unpaired) electrons. The van der Waals surface area contributed by atoms with Gasteiger partial charge in [0.25, 0.3) is 0 Å².